The molecule has 0 bridgehead atoms. The lowest BCUT2D eigenvalue weighted by Gasteiger charge is -2.04. The highest BCUT2D eigenvalue weighted by Gasteiger charge is 2.11. The molecule has 0 unspecified atom stereocenters. The molecule has 0 aliphatic carbocycles. The Morgan fingerprint density at radius 1 is 1.35 bits per heavy atom. The molecule has 116 valence electrons. The fourth-order valence-corrected chi connectivity index (χ4v) is 2.68. The van der Waals surface area contributed by atoms with E-state index in [1.807, 2.05) is 5.38 Å². The zero-order valence-electron chi connectivity index (χ0n) is 12.2. The predicted octanol–water partition coefficient (Wildman–Crippen LogP) is 3.17. The Hall–Kier alpha value is -2.93. The summed E-state index contributed by atoms with van der Waals surface area (Å²) in [7, 11) is 1.49. The van der Waals surface area contributed by atoms with Gasteiger partial charge in [0, 0.05) is 23.3 Å². The lowest BCUT2D eigenvalue weighted by molar-refractivity contribution is 0.102. The monoisotopic (exact) mass is 327 g/mol. The van der Waals surface area contributed by atoms with E-state index in [1.165, 1.54) is 24.6 Å². The quantitative estimate of drug-likeness (QED) is 0.769. The third kappa shape index (κ3) is 3.29. The van der Waals surface area contributed by atoms with E-state index in [1.54, 1.807) is 36.5 Å². The van der Waals surface area contributed by atoms with Crippen LogP contribution in [-0.4, -0.2) is 28.1 Å². The Balaban J connectivity index is 1.79. The molecule has 23 heavy (non-hydrogen) atoms. The summed E-state index contributed by atoms with van der Waals surface area (Å²) in [5, 5.41) is 14.7. The van der Waals surface area contributed by atoms with E-state index in [9.17, 15) is 9.90 Å². The summed E-state index contributed by atoms with van der Waals surface area (Å²) in [6.07, 6.45) is 3.10. The summed E-state index contributed by atoms with van der Waals surface area (Å²) in [6, 6.07) is 8.35. The van der Waals surface area contributed by atoms with Crippen molar-refractivity contribution in [2.24, 2.45) is 0 Å². The molecule has 0 aliphatic rings. The average Bonchev–Trinajstić information content (AvgIpc) is 3.04. The second kappa shape index (κ2) is 6.45. The summed E-state index contributed by atoms with van der Waals surface area (Å²) in [5.41, 5.74) is 1.95. The number of carbonyl (C=O) groups is 1. The minimum absolute atomic E-state index is 0.0663. The van der Waals surface area contributed by atoms with Crippen molar-refractivity contribution >= 4 is 22.4 Å². The number of hydrogen-bond donors (Lipinski definition) is 2. The van der Waals surface area contributed by atoms with Crippen molar-refractivity contribution in [1.82, 2.24) is 9.97 Å². The van der Waals surface area contributed by atoms with Crippen LogP contribution in [0.1, 0.15) is 10.4 Å². The summed E-state index contributed by atoms with van der Waals surface area (Å²) in [6.45, 7) is 0. The van der Waals surface area contributed by atoms with Crippen LogP contribution in [0, 0.1) is 0 Å². The van der Waals surface area contributed by atoms with Gasteiger partial charge in [-0.05, 0) is 30.3 Å². The molecule has 3 aromatic rings. The molecule has 0 saturated heterocycles. The first-order valence-corrected chi connectivity index (χ1v) is 7.59. The van der Waals surface area contributed by atoms with Gasteiger partial charge in [-0.2, -0.15) is 0 Å². The second-order valence-electron chi connectivity index (χ2n) is 4.62. The number of anilines is 1. The van der Waals surface area contributed by atoms with E-state index in [0.29, 0.717) is 22.1 Å². The molecule has 0 radical (unpaired) electrons. The van der Waals surface area contributed by atoms with Crippen molar-refractivity contribution in [3.05, 3.63) is 53.7 Å². The molecule has 7 heteroatoms. The van der Waals surface area contributed by atoms with E-state index in [-0.39, 0.29) is 11.7 Å². The molecule has 0 saturated carbocycles. The SMILES string of the molecule is COc1cc(-c2csc(NC(=O)c3cccnc3)n2)ccc1O. The number of methoxy groups -OCH3 is 1. The zero-order valence-corrected chi connectivity index (χ0v) is 13.0. The van der Waals surface area contributed by atoms with Crippen molar-refractivity contribution < 1.29 is 14.6 Å². The van der Waals surface area contributed by atoms with Gasteiger partial charge in [0.2, 0.25) is 0 Å². The summed E-state index contributed by atoms with van der Waals surface area (Å²) in [4.78, 5) is 20.4. The Labute approximate surface area is 136 Å². The Bertz CT molecular complexity index is 834. The van der Waals surface area contributed by atoms with Crippen molar-refractivity contribution in [3.8, 4) is 22.8 Å². The number of benzene rings is 1. The third-order valence-electron chi connectivity index (χ3n) is 3.12. The Morgan fingerprint density at radius 3 is 2.96 bits per heavy atom. The Morgan fingerprint density at radius 2 is 2.22 bits per heavy atom. The minimum Gasteiger partial charge on any atom is -0.504 e. The van der Waals surface area contributed by atoms with Gasteiger partial charge in [0.25, 0.3) is 5.91 Å². The molecule has 1 aromatic carbocycles. The van der Waals surface area contributed by atoms with Gasteiger partial charge in [0.05, 0.1) is 18.4 Å². The first-order chi connectivity index (χ1) is 11.2. The van der Waals surface area contributed by atoms with Crippen molar-refractivity contribution in [2.75, 3.05) is 12.4 Å². The summed E-state index contributed by atoms with van der Waals surface area (Å²) in [5.74, 6) is 0.176. The number of phenols is 1. The number of thiazole rings is 1. The number of carbonyl (C=O) groups excluding carboxylic acids is 1. The van der Waals surface area contributed by atoms with Crippen LogP contribution in [0.4, 0.5) is 5.13 Å². The Kier molecular flexibility index (Phi) is 4.20. The van der Waals surface area contributed by atoms with Gasteiger partial charge < -0.3 is 9.84 Å². The van der Waals surface area contributed by atoms with Gasteiger partial charge in [-0.15, -0.1) is 11.3 Å². The molecule has 0 atom stereocenters. The molecular formula is C16H13N3O3S. The van der Waals surface area contributed by atoms with Gasteiger partial charge >= 0.3 is 0 Å². The number of ether oxygens (including phenoxy) is 1. The van der Waals surface area contributed by atoms with Gasteiger partial charge in [-0.3, -0.25) is 15.1 Å². The number of rotatable bonds is 4. The first-order valence-electron chi connectivity index (χ1n) is 6.71. The maximum Gasteiger partial charge on any atom is 0.259 e. The summed E-state index contributed by atoms with van der Waals surface area (Å²) < 4.78 is 5.09. The normalized spacial score (nSPS) is 10.3. The molecule has 0 fully saturated rings. The van der Waals surface area contributed by atoms with Gasteiger partial charge in [0.15, 0.2) is 16.6 Å². The fourth-order valence-electron chi connectivity index (χ4n) is 1.97. The smallest absolute Gasteiger partial charge is 0.259 e. The molecule has 0 aliphatic heterocycles. The largest absolute Gasteiger partial charge is 0.504 e. The van der Waals surface area contributed by atoms with Gasteiger partial charge in [-0.1, -0.05) is 0 Å². The zero-order chi connectivity index (χ0) is 16.2. The highest BCUT2D eigenvalue weighted by molar-refractivity contribution is 7.14. The summed E-state index contributed by atoms with van der Waals surface area (Å²) >= 11 is 1.32. The predicted molar refractivity (Wildman–Crippen MR) is 88.0 cm³/mol. The number of phenolic OH excluding ortho intramolecular Hbond substituents is 1. The molecule has 2 aromatic heterocycles. The third-order valence-corrected chi connectivity index (χ3v) is 3.88. The van der Waals surface area contributed by atoms with Crippen LogP contribution in [-0.2, 0) is 0 Å². The van der Waals surface area contributed by atoms with Gasteiger partial charge in [-0.25, -0.2) is 4.98 Å². The number of hydrogen-bond acceptors (Lipinski definition) is 6. The second-order valence-corrected chi connectivity index (χ2v) is 5.48. The van der Waals surface area contributed by atoms with Crippen LogP contribution in [0.3, 0.4) is 0 Å². The molecule has 0 spiro atoms. The van der Waals surface area contributed by atoms with E-state index in [4.69, 9.17) is 4.74 Å². The number of amides is 1. The number of aromatic hydroxyl groups is 1. The van der Waals surface area contributed by atoms with Crippen molar-refractivity contribution in [3.63, 3.8) is 0 Å². The average molecular weight is 327 g/mol. The van der Waals surface area contributed by atoms with Crippen LogP contribution < -0.4 is 10.1 Å². The van der Waals surface area contributed by atoms with Crippen LogP contribution >= 0.6 is 11.3 Å². The number of pyridine rings is 1. The van der Waals surface area contributed by atoms with Crippen LogP contribution in [0.2, 0.25) is 0 Å². The standard InChI is InChI=1S/C16H13N3O3S/c1-22-14-7-10(4-5-13(14)20)12-9-23-16(18-12)19-15(21)11-3-2-6-17-8-11/h2-9,20H,1H3,(H,18,19,21). The maximum atomic E-state index is 12.1. The number of nitrogens with one attached hydrogen (secondary N) is 1. The molecule has 2 heterocycles. The maximum absolute atomic E-state index is 12.1. The molecule has 1 amide bonds. The lowest BCUT2D eigenvalue weighted by Crippen LogP contribution is -2.11. The van der Waals surface area contributed by atoms with E-state index in [0.717, 1.165) is 5.56 Å². The minimum atomic E-state index is -0.262. The molecule has 2 N–H and O–H groups in total. The lowest BCUT2D eigenvalue weighted by atomic mass is 10.1. The van der Waals surface area contributed by atoms with Gasteiger partial charge in [0.1, 0.15) is 0 Å². The number of aromatic nitrogens is 2. The van der Waals surface area contributed by atoms with Crippen LogP contribution in [0.15, 0.2) is 48.1 Å². The molecular weight excluding hydrogens is 314 g/mol. The number of nitrogens with zero attached hydrogens (tertiary/aromatic N) is 2. The van der Waals surface area contributed by atoms with E-state index in [2.05, 4.69) is 15.3 Å². The molecule has 6 nitrogen and oxygen atoms in total. The van der Waals surface area contributed by atoms with Crippen molar-refractivity contribution in [1.29, 1.82) is 0 Å². The highest BCUT2D eigenvalue weighted by atomic mass is 32.1. The van der Waals surface area contributed by atoms with Crippen LogP contribution in [0.25, 0.3) is 11.3 Å². The first kappa shape index (κ1) is 15.0. The van der Waals surface area contributed by atoms with Crippen molar-refractivity contribution in [2.45, 2.75) is 0 Å². The van der Waals surface area contributed by atoms with E-state index >= 15 is 0 Å². The van der Waals surface area contributed by atoms with Crippen LogP contribution in [0.5, 0.6) is 11.5 Å². The highest BCUT2D eigenvalue weighted by Crippen LogP contribution is 2.32. The van der Waals surface area contributed by atoms with E-state index < -0.39 is 0 Å². The topological polar surface area (TPSA) is 84.3 Å². The fraction of sp³-hybridized carbons (Fsp3) is 0.0625. The molecule has 3 rings (SSSR count).